The van der Waals surface area contributed by atoms with Crippen molar-refractivity contribution in [1.29, 1.82) is 0 Å². The lowest BCUT2D eigenvalue weighted by atomic mass is 9.94. The minimum absolute atomic E-state index is 0.352. The third-order valence-corrected chi connectivity index (χ3v) is 3.82. The zero-order valence-corrected chi connectivity index (χ0v) is 10.1. The maximum absolute atomic E-state index is 6.15. The van der Waals surface area contributed by atoms with E-state index in [1.807, 2.05) is 6.08 Å². The Kier molecular flexibility index (Phi) is 3.01. The SMILES string of the molecule is Cc1cc(C2C=C(Cl)C=CC2)c(Cl)s1. The molecule has 0 nitrogen and oxygen atoms in total. The summed E-state index contributed by atoms with van der Waals surface area (Å²) >= 11 is 13.7. The molecule has 0 fully saturated rings. The Morgan fingerprint density at radius 2 is 2.21 bits per heavy atom. The fraction of sp³-hybridized carbons (Fsp3) is 0.273. The van der Waals surface area contributed by atoms with Gasteiger partial charge < -0.3 is 0 Å². The first kappa shape index (κ1) is 10.3. The summed E-state index contributed by atoms with van der Waals surface area (Å²) in [6.45, 7) is 2.07. The van der Waals surface area contributed by atoms with Crippen LogP contribution >= 0.6 is 34.5 Å². The molecule has 1 aromatic rings. The number of hydrogen-bond donors (Lipinski definition) is 0. The largest absolute Gasteiger partial charge is 0.128 e. The van der Waals surface area contributed by atoms with Gasteiger partial charge in [0.1, 0.15) is 0 Å². The standard InChI is InChI=1S/C11H10Cl2S/c1-7-5-10(11(13)14-7)8-3-2-4-9(12)6-8/h2,4-6,8H,3H2,1H3. The van der Waals surface area contributed by atoms with E-state index in [1.165, 1.54) is 10.4 Å². The first-order valence-corrected chi connectivity index (χ1v) is 6.04. The Bertz CT molecular complexity index is 401. The molecular formula is C11H10Cl2S. The molecule has 1 aromatic heterocycles. The van der Waals surface area contributed by atoms with Gasteiger partial charge in [0.2, 0.25) is 0 Å². The van der Waals surface area contributed by atoms with Gasteiger partial charge in [-0.15, -0.1) is 11.3 Å². The van der Waals surface area contributed by atoms with E-state index in [0.29, 0.717) is 5.92 Å². The zero-order chi connectivity index (χ0) is 10.1. The van der Waals surface area contributed by atoms with Crippen molar-refractivity contribution in [2.45, 2.75) is 19.3 Å². The maximum atomic E-state index is 6.15. The molecular weight excluding hydrogens is 235 g/mol. The summed E-state index contributed by atoms with van der Waals surface area (Å²) in [6, 6.07) is 2.15. The van der Waals surface area contributed by atoms with Crippen LogP contribution in [0.3, 0.4) is 0 Å². The van der Waals surface area contributed by atoms with E-state index in [4.69, 9.17) is 23.2 Å². The molecule has 2 rings (SSSR count). The van der Waals surface area contributed by atoms with Gasteiger partial charge in [-0.05, 0) is 31.1 Å². The van der Waals surface area contributed by atoms with Gasteiger partial charge in [-0.25, -0.2) is 0 Å². The first-order valence-electron chi connectivity index (χ1n) is 4.46. The van der Waals surface area contributed by atoms with Gasteiger partial charge in [-0.3, -0.25) is 0 Å². The van der Waals surface area contributed by atoms with E-state index in [9.17, 15) is 0 Å². The number of rotatable bonds is 1. The summed E-state index contributed by atoms with van der Waals surface area (Å²) in [4.78, 5) is 1.25. The van der Waals surface area contributed by atoms with Crippen LogP contribution in [0.4, 0.5) is 0 Å². The summed E-state index contributed by atoms with van der Waals surface area (Å²) in [5.74, 6) is 0.352. The van der Waals surface area contributed by atoms with Crippen LogP contribution in [0, 0.1) is 6.92 Å². The molecule has 0 aromatic carbocycles. The Morgan fingerprint density at radius 1 is 1.43 bits per heavy atom. The molecule has 0 aliphatic heterocycles. The Hall–Kier alpha value is -0.240. The third-order valence-electron chi connectivity index (χ3n) is 2.26. The highest BCUT2D eigenvalue weighted by Crippen LogP contribution is 2.37. The molecule has 0 saturated carbocycles. The topological polar surface area (TPSA) is 0 Å². The van der Waals surface area contributed by atoms with Crippen molar-refractivity contribution in [3.63, 3.8) is 0 Å². The molecule has 74 valence electrons. The van der Waals surface area contributed by atoms with Gasteiger partial charge in [0.25, 0.3) is 0 Å². The number of hydrogen-bond acceptors (Lipinski definition) is 1. The zero-order valence-electron chi connectivity index (χ0n) is 7.76. The van der Waals surface area contributed by atoms with Crippen LogP contribution in [0.15, 0.2) is 29.3 Å². The average Bonchev–Trinajstić information content (AvgIpc) is 2.45. The maximum Gasteiger partial charge on any atom is 0.0969 e. The van der Waals surface area contributed by atoms with Crippen molar-refractivity contribution < 1.29 is 0 Å². The van der Waals surface area contributed by atoms with Crippen molar-refractivity contribution >= 4 is 34.5 Å². The van der Waals surface area contributed by atoms with Gasteiger partial charge in [0.15, 0.2) is 0 Å². The third kappa shape index (κ3) is 2.05. The lowest BCUT2D eigenvalue weighted by Crippen LogP contribution is -1.96. The van der Waals surface area contributed by atoms with Crippen LogP contribution in [-0.4, -0.2) is 0 Å². The van der Waals surface area contributed by atoms with Crippen LogP contribution in [0.2, 0.25) is 4.34 Å². The van der Waals surface area contributed by atoms with E-state index < -0.39 is 0 Å². The predicted molar refractivity (Wildman–Crippen MR) is 64.5 cm³/mol. The van der Waals surface area contributed by atoms with Crippen molar-refractivity contribution in [3.8, 4) is 0 Å². The highest BCUT2D eigenvalue weighted by molar-refractivity contribution is 7.16. The molecule has 1 unspecified atom stereocenters. The lowest BCUT2D eigenvalue weighted by Gasteiger charge is -2.13. The average molecular weight is 245 g/mol. The van der Waals surface area contributed by atoms with Crippen LogP contribution in [0.25, 0.3) is 0 Å². The molecule has 1 atom stereocenters. The van der Waals surface area contributed by atoms with Crippen LogP contribution in [-0.2, 0) is 0 Å². The highest BCUT2D eigenvalue weighted by Gasteiger charge is 2.16. The molecule has 1 aliphatic carbocycles. The molecule has 14 heavy (non-hydrogen) atoms. The van der Waals surface area contributed by atoms with Gasteiger partial charge in [0, 0.05) is 15.8 Å². The second-order valence-electron chi connectivity index (χ2n) is 3.38. The molecule has 1 aliphatic rings. The lowest BCUT2D eigenvalue weighted by molar-refractivity contribution is 0.855. The second kappa shape index (κ2) is 4.09. The predicted octanol–water partition coefficient (Wildman–Crippen LogP) is 4.88. The van der Waals surface area contributed by atoms with Gasteiger partial charge >= 0.3 is 0 Å². The molecule has 0 amide bonds. The van der Waals surface area contributed by atoms with Crippen LogP contribution in [0.1, 0.15) is 22.8 Å². The number of halogens is 2. The molecule has 0 bridgehead atoms. The van der Waals surface area contributed by atoms with E-state index in [-0.39, 0.29) is 0 Å². The molecule has 3 heteroatoms. The second-order valence-corrected chi connectivity index (χ2v) is 5.68. The number of allylic oxidation sites excluding steroid dienone is 4. The number of aryl methyl sites for hydroxylation is 1. The van der Waals surface area contributed by atoms with Crippen molar-refractivity contribution in [1.82, 2.24) is 0 Å². The van der Waals surface area contributed by atoms with E-state index in [0.717, 1.165) is 15.8 Å². The van der Waals surface area contributed by atoms with Crippen molar-refractivity contribution in [2.75, 3.05) is 0 Å². The summed E-state index contributed by atoms with van der Waals surface area (Å²) < 4.78 is 0.892. The molecule has 0 saturated heterocycles. The fourth-order valence-corrected chi connectivity index (χ4v) is 3.22. The summed E-state index contributed by atoms with van der Waals surface area (Å²) in [6.07, 6.45) is 7.09. The quantitative estimate of drug-likeness (QED) is 0.661. The summed E-state index contributed by atoms with van der Waals surface area (Å²) in [5.41, 5.74) is 1.21. The molecule has 1 heterocycles. The van der Waals surface area contributed by atoms with Crippen molar-refractivity contribution in [3.05, 3.63) is 44.1 Å². The number of thiophene rings is 1. The minimum atomic E-state index is 0.352. The summed E-state index contributed by atoms with van der Waals surface area (Å²) in [7, 11) is 0. The van der Waals surface area contributed by atoms with Gasteiger partial charge in [-0.2, -0.15) is 0 Å². The van der Waals surface area contributed by atoms with Gasteiger partial charge in [-0.1, -0.05) is 35.4 Å². The van der Waals surface area contributed by atoms with E-state index >= 15 is 0 Å². The monoisotopic (exact) mass is 244 g/mol. The molecule has 0 spiro atoms. The van der Waals surface area contributed by atoms with E-state index in [1.54, 1.807) is 11.3 Å². The minimum Gasteiger partial charge on any atom is -0.128 e. The molecule has 0 N–H and O–H groups in total. The van der Waals surface area contributed by atoms with Crippen LogP contribution in [0.5, 0.6) is 0 Å². The van der Waals surface area contributed by atoms with E-state index in [2.05, 4.69) is 25.1 Å². The fourth-order valence-electron chi connectivity index (χ4n) is 1.62. The Morgan fingerprint density at radius 3 is 2.79 bits per heavy atom. The van der Waals surface area contributed by atoms with Gasteiger partial charge in [0.05, 0.1) is 4.34 Å². The van der Waals surface area contributed by atoms with Crippen molar-refractivity contribution in [2.24, 2.45) is 0 Å². The molecule has 0 radical (unpaired) electrons. The smallest absolute Gasteiger partial charge is 0.0969 e. The summed E-state index contributed by atoms with van der Waals surface area (Å²) in [5, 5.41) is 0.807. The Labute approximate surface area is 97.8 Å². The first-order chi connectivity index (χ1) is 6.66. The highest BCUT2D eigenvalue weighted by atomic mass is 35.5. The normalized spacial score (nSPS) is 21.1. The van der Waals surface area contributed by atoms with Crippen LogP contribution < -0.4 is 0 Å². The Balaban J connectivity index is 2.32.